The minimum atomic E-state index is -0.846. The molecule has 3 atom stereocenters. The van der Waals surface area contributed by atoms with Crippen molar-refractivity contribution in [2.45, 2.75) is 24.6 Å². The Kier molecular flexibility index (Phi) is 4.96. The van der Waals surface area contributed by atoms with Crippen molar-refractivity contribution in [3.63, 3.8) is 0 Å². The summed E-state index contributed by atoms with van der Waals surface area (Å²) in [5.41, 5.74) is 4.76. The summed E-state index contributed by atoms with van der Waals surface area (Å²) in [6.07, 6.45) is -0.396. The molecule has 170 valence electrons. The molecule has 0 radical (unpaired) electrons. The Morgan fingerprint density at radius 2 is 1.59 bits per heavy atom. The first kappa shape index (κ1) is 20.7. The number of aliphatic hydroxyl groups excluding tert-OH is 1. The molecule has 1 saturated heterocycles. The van der Waals surface area contributed by atoms with Gasteiger partial charge in [-0.3, -0.25) is 9.59 Å². The van der Waals surface area contributed by atoms with Gasteiger partial charge in [-0.25, -0.2) is 0 Å². The van der Waals surface area contributed by atoms with Gasteiger partial charge in [-0.2, -0.15) is 0 Å². The molecule has 1 aromatic heterocycles. The van der Waals surface area contributed by atoms with E-state index in [0.717, 1.165) is 33.3 Å². The van der Waals surface area contributed by atoms with Crippen LogP contribution < -0.4 is 0 Å². The summed E-state index contributed by atoms with van der Waals surface area (Å²) in [7, 11) is 0. The summed E-state index contributed by atoms with van der Waals surface area (Å²) in [6, 6.07) is 26.2. The van der Waals surface area contributed by atoms with Gasteiger partial charge in [-0.15, -0.1) is 0 Å². The van der Waals surface area contributed by atoms with E-state index in [1.807, 2.05) is 78.9 Å². The summed E-state index contributed by atoms with van der Waals surface area (Å²) in [6.45, 7) is 0.0494. The second-order valence-electron chi connectivity index (χ2n) is 9.04. The molecule has 0 bridgehead atoms. The van der Waals surface area contributed by atoms with E-state index in [9.17, 15) is 14.7 Å². The van der Waals surface area contributed by atoms with Gasteiger partial charge < -0.3 is 19.9 Å². The van der Waals surface area contributed by atoms with E-state index >= 15 is 0 Å². The highest BCUT2D eigenvalue weighted by Crippen LogP contribution is 2.42. The fourth-order valence-corrected chi connectivity index (χ4v) is 5.45. The van der Waals surface area contributed by atoms with E-state index in [-0.39, 0.29) is 30.9 Å². The Bertz CT molecular complexity index is 1370. The zero-order valence-corrected chi connectivity index (χ0v) is 18.6. The van der Waals surface area contributed by atoms with Crippen LogP contribution in [0.15, 0.2) is 84.9 Å². The molecule has 6 nitrogen and oxygen atoms in total. The number of carbonyl (C=O) groups excluding carboxylic acids is 2. The topological polar surface area (TPSA) is 76.6 Å². The largest absolute Gasteiger partial charge is 0.387 e. The highest BCUT2D eigenvalue weighted by Gasteiger charge is 2.48. The fraction of sp³-hybridized carbons (Fsp3) is 0.214. The Morgan fingerprint density at radius 1 is 0.912 bits per heavy atom. The van der Waals surface area contributed by atoms with Crippen molar-refractivity contribution in [1.82, 2.24) is 14.8 Å². The second kappa shape index (κ2) is 8.15. The number of rotatable bonds is 4. The number of amides is 2. The lowest BCUT2D eigenvalue weighted by atomic mass is 9.86. The number of hydrogen-bond donors (Lipinski definition) is 2. The summed E-state index contributed by atoms with van der Waals surface area (Å²) in [4.78, 5) is 34.1. The molecule has 3 aromatic carbocycles. The van der Waals surface area contributed by atoms with Crippen LogP contribution in [-0.2, 0) is 16.0 Å². The van der Waals surface area contributed by atoms with Crippen LogP contribution in [0.1, 0.15) is 34.5 Å². The van der Waals surface area contributed by atoms with E-state index in [2.05, 4.69) is 11.1 Å². The van der Waals surface area contributed by atoms with Crippen LogP contribution in [0.5, 0.6) is 0 Å². The molecule has 6 rings (SSSR count). The molecule has 1 fully saturated rings. The van der Waals surface area contributed by atoms with Gasteiger partial charge in [0.25, 0.3) is 0 Å². The molecule has 0 spiro atoms. The third-order valence-electron chi connectivity index (χ3n) is 7.04. The smallest absolute Gasteiger partial charge is 0.246 e. The lowest BCUT2D eigenvalue weighted by Crippen LogP contribution is -2.63. The summed E-state index contributed by atoms with van der Waals surface area (Å²) >= 11 is 0. The van der Waals surface area contributed by atoms with Gasteiger partial charge >= 0.3 is 0 Å². The van der Waals surface area contributed by atoms with Crippen LogP contribution >= 0.6 is 0 Å². The molecule has 34 heavy (non-hydrogen) atoms. The maximum atomic E-state index is 13.7. The Labute approximate surface area is 197 Å². The molecule has 0 saturated carbocycles. The lowest BCUT2D eigenvalue weighted by Gasteiger charge is -2.47. The second-order valence-corrected chi connectivity index (χ2v) is 9.04. The number of H-pyrrole nitrogens is 1. The molecule has 4 aromatic rings. The number of benzene rings is 3. The molecule has 0 unspecified atom stereocenters. The van der Waals surface area contributed by atoms with Crippen molar-refractivity contribution >= 4 is 22.7 Å². The van der Waals surface area contributed by atoms with Crippen molar-refractivity contribution in [1.29, 1.82) is 0 Å². The van der Waals surface area contributed by atoms with Crippen LogP contribution in [0.25, 0.3) is 10.9 Å². The fourth-order valence-electron chi connectivity index (χ4n) is 5.45. The highest BCUT2D eigenvalue weighted by molar-refractivity contribution is 5.97. The standard InChI is InChI=1S/C28H25N3O3/c32-24(18-9-3-1-4-10-18)16-30-17-25(33)31-23(28(30)34)15-21-20-13-7-8-14-22(20)29-26(21)27(31)19-11-5-2-6-12-19/h1-14,23-24,27,29,32H,15-17H2/t23-,24-,27-/m0/s1. The van der Waals surface area contributed by atoms with Crippen molar-refractivity contribution in [2.24, 2.45) is 0 Å². The normalized spacial score (nSPS) is 20.9. The first-order valence-corrected chi connectivity index (χ1v) is 11.6. The van der Waals surface area contributed by atoms with Gasteiger partial charge in [0.2, 0.25) is 11.8 Å². The van der Waals surface area contributed by atoms with Gasteiger partial charge in [-0.1, -0.05) is 78.9 Å². The number of β-amino-alcohol motifs (C(OH)–C–C–N with tert-alkyl or cyclic N) is 1. The number of piperazine rings is 1. The van der Waals surface area contributed by atoms with Crippen LogP contribution in [0.3, 0.4) is 0 Å². The zero-order valence-electron chi connectivity index (χ0n) is 18.6. The third kappa shape index (κ3) is 3.30. The quantitative estimate of drug-likeness (QED) is 0.498. The summed E-state index contributed by atoms with van der Waals surface area (Å²) in [5.74, 6) is -0.227. The Morgan fingerprint density at radius 3 is 2.35 bits per heavy atom. The van der Waals surface area contributed by atoms with Crippen LogP contribution in [-0.4, -0.2) is 50.8 Å². The number of nitrogens with one attached hydrogen (secondary N) is 1. The average molecular weight is 452 g/mol. The summed E-state index contributed by atoms with van der Waals surface area (Å²) in [5, 5.41) is 11.8. The van der Waals surface area contributed by atoms with Gasteiger partial charge in [0, 0.05) is 23.0 Å². The number of aromatic nitrogens is 1. The van der Waals surface area contributed by atoms with Crippen molar-refractivity contribution in [3.05, 3.63) is 107 Å². The van der Waals surface area contributed by atoms with Crippen LogP contribution in [0, 0.1) is 0 Å². The Hall–Kier alpha value is -3.90. The first-order valence-electron chi connectivity index (χ1n) is 11.6. The van der Waals surface area contributed by atoms with E-state index in [4.69, 9.17) is 0 Å². The third-order valence-corrected chi connectivity index (χ3v) is 7.04. The molecule has 3 heterocycles. The van der Waals surface area contributed by atoms with Gasteiger partial charge in [0.1, 0.15) is 6.04 Å². The number of para-hydroxylation sites is 1. The highest BCUT2D eigenvalue weighted by atomic mass is 16.3. The summed E-state index contributed by atoms with van der Waals surface area (Å²) < 4.78 is 0. The molecular formula is C28H25N3O3. The monoisotopic (exact) mass is 451 g/mol. The minimum Gasteiger partial charge on any atom is -0.387 e. The minimum absolute atomic E-state index is 0.0435. The zero-order chi connectivity index (χ0) is 23.2. The number of fused-ring (bicyclic) bond motifs is 4. The maximum absolute atomic E-state index is 13.7. The van der Waals surface area contributed by atoms with E-state index < -0.39 is 12.1 Å². The molecular weight excluding hydrogens is 426 g/mol. The molecule has 0 aliphatic carbocycles. The molecule has 2 amide bonds. The Balaban J connectivity index is 1.41. The van der Waals surface area contributed by atoms with Crippen molar-refractivity contribution in [2.75, 3.05) is 13.1 Å². The maximum Gasteiger partial charge on any atom is 0.246 e. The SMILES string of the molecule is O=C1[C@@H]2Cc3c([nH]c4ccccc34)[C@H](c3ccccc3)N2C(=O)CN1C[C@H](O)c1ccccc1. The van der Waals surface area contributed by atoms with Crippen LogP contribution in [0.4, 0.5) is 0 Å². The van der Waals surface area contributed by atoms with Gasteiger partial charge in [0.15, 0.2) is 0 Å². The number of nitrogens with zero attached hydrogens (tertiary/aromatic N) is 2. The van der Waals surface area contributed by atoms with E-state index in [1.54, 1.807) is 4.90 Å². The first-order chi connectivity index (χ1) is 16.6. The average Bonchev–Trinajstić information content (AvgIpc) is 3.25. The van der Waals surface area contributed by atoms with E-state index in [0.29, 0.717) is 6.42 Å². The van der Waals surface area contributed by atoms with Gasteiger partial charge in [-0.05, 0) is 22.8 Å². The number of hydrogen-bond acceptors (Lipinski definition) is 3. The van der Waals surface area contributed by atoms with Crippen molar-refractivity contribution in [3.8, 4) is 0 Å². The molecule has 6 heteroatoms. The lowest BCUT2D eigenvalue weighted by molar-refractivity contribution is -0.159. The van der Waals surface area contributed by atoms with Crippen LogP contribution in [0.2, 0.25) is 0 Å². The molecule has 2 N–H and O–H groups in total. The number of aliphatic hydroxyl groups is 1. The molecule has 2 aliphatic heterocycles. The van der Waals surface area contributed by atoms with Crippen molar-refractivity contribution < 1.29 is 14.7 Å². The number of aromatic amines is 1. The predicted molar refractivity (Wildman–Crippen MR) is 129 cm³/mol. The van der Waals surface area contributed by atoms with E-state index in [1.165, 1.54) is 4.90 Å². The van der Waals surface area contributed by atoms with Gasteiger partial charge in [0.05, 0.1) is 25.2 Å². The molecule has 2 aliphatic rings. The number of carbonyl (C=O) groups is 2. The predicted octanol–water partition coefficient (Wildman–Crippen LogP) is 3.59.